The maximum Gasteiger partial charge on any atom is 0.193 e. The number of rotatable bonds is 4. The molecule has 0 aromatic heterocycles. The van der Waals surface area contributed by atoms with Gasteiger partial charge in [0.25, 0.3) is 0 Å². The highest BCUT2D eigenvalue weighted by Gasteiger charge is 2.13. The predicted octanol–water partition coefficient (Wildman–Crippen LogP) is 2.81. The summed E-state index contributed by atoms with van der Waals surface area (Å²) in [4.78, 5) is 12.4. The highest BCUT2D eigenvalue weighted by Crippen LogP contribution is 2.15. The van der Waals surface area contributed by atoms with E-state index >= 15 is 0 Å². The Kier molecular flexibility index (Phi) is 3.90. The molecule has 0 aliphatic carbocycles. The first-order valence-corrected chi connectivity index (χ1v) is 6.11. The molecule has 0 fully saturated rings. The zero-order valence-corrected chi connectivity index (χ0v) is 10.5. The molecule has 18 heavy (non-hydrogen) atoms. The van der Waals surface area contributed by atoms with Crippen molar-refractivity contribution in [2.24, 2.45) is 5.73 Å². The normalized spacial score (nSPS) is 12.1. The van der Waals surface area contributed by atoms with Crippen molar-refractivity contribution in [2.75, 3.05) is 0 Å². The lowest BCUT2D eigenvalue weighted by Crippen LogP contribution is -2.19. The van der Waals surface area contributed by atoms with Crippen LogP contribution in [0.4, 0.5) is 0 Å². The van der Waals surface area contributed by atoms with Crippen LogP contribution in [0.2, 0.25) is 0 Å². The average molecular weight is 239 g/mol. The van der Waals surface area contributed by atoms with Gasteiger partial charge in [-0.2, -0.15) is 0 Å². The molecule has 0 aliphatic rings. The lowest BCUT2D eigenvalue weighted by atomic mass is 9.95. The van der Waals surface area contributed by atoms with Gasteiger partial charge in [0.15, 0.2) is 5.78 Å². The van der Waals surface area contributed by atoms with Crippen molar-refractivity contribution in [3.8, 4) is 0 Å². The fraction of sp³-hybridized carbons (Fsp3) is 0.188. The summed E-state index contributed by atoms with van der Waals surface area (Å²) in [5.74, 6) is 0.0619. The van der Waals surface area contributed by atoms with Crippen LogP contribution >= 0.6 is 0 Å². The van der Waals surface area contributed by atoms with Gasteiger partial charge in [-0.1, -0.05) is 54.6 Å². The van der Waals surface area contributed by atoms with Crippen molar-refractivity contribution in [3.63, 3.8) is 0 Å². The molecule has 2 N–H and O–H groups in total. The van der Waals surface area contributed by atoms with Gasteiger partial charge in [-0.3, -0.25) is 4.79 Å². The van der Waals surface area contributed by atoms with E-state index in [1.807, 2.05) is 61.5 Å². The molecule has 2 aromatic carbocycles. The van der Waals surface area contributed by atoms with Crippen LogP contribution in [0.3, 0.4) is 0 Å². The van der Waals surface area contributed by atoms with Crippen molar-refractivity contribution >= 4 is 5.78 Å². The lowest BCUT2D eigenvalue weighted by Gasteiger charge is -2.10. The van der Waals surface area contributed by atoms with Crippen LogP contribution in [-0.4, -0.2) is 11.8 Å². The second-order valence-electron chi connectivity index (χ2n) is 4.53. The summed E-state index contributed by atoms with van der Waals surface area (Å²) in [7, 11) is 0. The number of nitrogens with two attached hydrogens (primary N) is 1. The van der Waals surface area contributed by atoms with Gasteiger partial charge in [0.1, 0.15) is 0 Å². The number of carbonyl (C=O) groups is 1. The molecular weight excluding hydrogens is 222 g/mol. The summed E-state index contributed by atoms with van der Waals surface area (Å²) < 4.78 is 0. The minimum absolute atomic E-state index is 0.0507. The third kappa shape index (κ3) is 2.84. The van der Waals surface area contributed by atoms with Gasteiger partial charge < -0.3 is 5.73 Å². The van der Waals surface area contributed by atoms with Crippen LogP contribution in [0.15, 0.2) is 54.6 Å². The average Bonchev–Trinajstić information content (AvgIpc) is 2.39. The topological polar surface area (TPSA) is 43.1 Å². The smallest absolute Gasteiger partial charge is 0.193 e. The molecule has 0 saturated carbocycles. The molecule has 0 amide bonds. The van der Waals surface area contributed by atoms with Gasteiger partial charge in [-0.25, -0.2) is 0 Å². The van der Waals surface area contributed by atoms with E-state index in [9.17, 15) is 4.79 Å². The van der Waals surface area contributed by atoms with E-state index in [2.05, 4.69) is 0 Å². The molecule has 0 aliphatic heterocycles. The van der Waals surface area contributed by atoms with Crippen LogP contribution in [0.1, 0.15) is 28.4 Å². The zero-order valence-electron chi connectivity index (χ0n) is 10.5. The van der Waals surface area contributed by atoms with Crippen LogP contribution in [0.25, 0.3) is 0 Å². The Bertz CT molecular complexity index is 532. The predicted molar refractivity (Wildman–Crippen MR) is 73.7 cm³/mol. The minimum Gasteiger partial charge on any atom is -0.328 e. The summed E-state index contributed by atoms with van der Waals surface area (Å²) in [5.41, 5.74) is 8.30. The second-order valence-corrected chi connectivity index (χ2v) is 4.53. The third-order valence-electron chi connectivity index (χ3n) is 2.84. The first-order chi connectivity index (χ1) is 8.68. The number of hydrogen-bond acceptors (Lipinski definition) is 2. The maximum atomic E-state index is 12.4. The lowest BCUT2D eigenvalue weighted by molar-refractivity contribution is 0.103. The first kappa shape index (κ1) is 12.5. The van der Waals surface area contributed by atoms with Crippen LogP contribution in [0, 0.1) is 0 Å². The van der Waals surface area contributed by atoms with Crippen LogP contribution < -0.4 is 5.73 Å². The Morgan fingerprint density at radius 2 is 1.67 bits per heavy atom. The summed E-state index contributed by atoms with van der Waals surface area (Å²) in [6, 6.07) is 17.1. The maximum absolute atomic E-state index is 12.4. The molecule has 0 bridgehead atoms. The van der Waals surface area contributed by atoms with Gasteiger partial charge in [0.2, 0.25) is 0 Å². The molecular formula is C16H17NO. The third-order valence-corrected chi connectivity index (χ3v) is 2.84. The first-order valence-electron chi connectivity index (χ1n) is 6.11. The molecule has 2 aromatic rings. The van der Waals surface area contributed by atoms with E-state index in [-0.39, 0.29) is 11.8 Å². The molecule has 0 saturated heterocycles. The molecule has 2 heteroatoms. The van der Waals surface area contributed by atoms with Gasteiger partial charge in [0.05, 0.1) is 0 Å². The fourth-order valence-corrected chi connectivity index (χ4v) is 2.01. The summed E-state index contributed by atoms with van der Waals surface area (Å²) >= 11 is 0. The number of benzene rings is 2. The molecule has 1 atom stereocenters. The molecule has 0 spiro atoms. The van der Waals surface area contributed by atoms with Crippen molar-refractivity contribution in [1.29, 1.82) is 0 Å². The number of carbonyl (C=O) groups excluding carboxylic acids is 1. The van der Waals surface area contributed by atoms with E-state index in [1.165, 1.54) is 0 Å². The van der Waals surface area contributed by atoms with Crippen molar-refractivity contribution in [1.82, 2.24) is 0 Å². The van der Waals surface area contributed by atoms with Crippen molar-refractivity contribution in [3.05, 3.63) is 71.3 Å². The van der Waals surface area contributed by atoms with E-state index < -0.39 is 0 Å². The second kappa shape index (κ2) is 5.61. The largest absolute Gasteiger partial charge is 0.328 e. The van der Waals surface area contributed by atoms with Crippen molar-refractivity contribution in [2.45, 2.75) is 19.4 Å². The fourth-order valence-electron chi connectivity index (χ4n) is 2.01. The standard InChI is InChI=1S/C16H17NO/c1-12(17)11-14-9-5-6-10-15(14)16(18)13-7-3-2-4-8-13/h2-10,12H,11,17H2,1H3. The highest BCUT2D eigenvalue weighted by molar-refractivity contribution is 6.09. The SMILES string of the molecule is CC(N)Cc1ccccc1C(=O)c1ccccc1. The Hall–Kier alpha value is -1.93. The quantitative estimate of drug-likeness (QED) is 0.834. The molecule has 2 rings (SSSR count). The Balaban J connectivity index is 2.36. The van der Waals surface area contributed by atoms with Crippen LogP contribution in [0.5, 0.6) is 0 Å². The van der Waals surface area contributed by atoms with E-state index in [0.29, 0.717) is 0 Å². The Morgan fingerprint density at radius 3 is 2.33 bits per heavy atom. The van der Waals surface area contributed by atoms with Crippen molar-refractivity contribution < 1.29 is 4.79 Å². The Labute approximate surface area is 107 Å². The van der Waals surface area contributed by atoms with E-state index in [0.717, 1.165) is 23.1 Å². The van der Waals surface area contributed by atoms with Crippen LogP contribution in [-0.2, 0) is 6.42 Å². The molecule has 2 nitrogen and oxygen atoms in total. The van der Waals surface area contributed by atoms with E-state index in [4.69, 9.17) is 5.73 Å². The molecule has 1 unspecified atom stereocenters. The molecule has 0 heterocycles. The van der Waals surface area contributed by atoms with Gasteiger partial charge >= 0.3 is 0 Å². The summed E-state index contributed by atoms with van der Waals surface area (Å²) in [6.07, 6.45) is 0.717. The molecule has 0 radical (unpaired) electrons. The van der Waals surface area contributed by atoms with Gasteiger partial charge in [0, 0.05) is 17.2 Å². The zero-order chi connectivity index (χ0) is 13.0. The van der Waals surface area contributed by atoms with E-state index in [1.54, 1.807) is 0 Å². The number of ketones is 1. The summed E-state index contributed by atoms with van der Waals surface area (Å²) in [5, 5.41) is 0. The highest BCUT2D eigenvalue weighted by atomic mass is 16.1. The minimum atomic E-state index is 0.0507. The summed E-state index contributed by atoms with van der Waals surface area (Å²) in [6.45, 7) is 1.95. The van der Waals surface area contributed by atoms with Gasteiger partial charge in [-0.05, 0) is 18.9 Å². The Morgan fingerprint density at radius 1 is 1.06 bits per heavy atom. The molecule has 92 valence electrons. The number of hydrogen-bond donors (Lipinski definition) is 1. The monoisotopic (exact) mass is 239 g/mol. The van der Waals surface area contributed by atoms with Gasteiger partial charge in [-0.15, -0.1) is 0 Å².